The zero-order valence-electron chi connectivity index (χ0n) is 11.7. The Kier molecular flexibility index (Phi) is 5.33. The molecule has 3 nitrogen and oxygen atoms in total. The largest absolute Gasteiger partial charge is 0.496 e. The quantitative estimate of drug-likeness (QED) is 0.759. The maximum Gasteiger partial charge on any atom is 0.257 e. The van der Waals surface area contributed by atoms with E-state index < -0.39 is 0 Å². The Bertz CT molecular complexity index is 495. The van der Waals surface area contributed by atoms with Gasteiger partial charge in [-0.3, -0.25) is 4.79 Å². The van der Waals surface area contributed by atoms with Crippen molar-refractivity contribution < 1.29 is 9.53 Å². The van der Waals surface area contributed by atoms with Gasteiger partial charge in [0.05, 0.1) is 12.7 Å². The van der Waals surface area contributed by atoms with E-state index in [1.165, 1.54) is 12.8 Å². The predicted molar refractivity (Wildman–Crippen MR) is 85.1 cm³/mol. The Balaban J connectivity index is 2.22. The fourth-order valence-corrected chi connectivity index (χ4v) is 3.79. The molecule has 0 aromatic heterocycles. The average Bonchev–Trinajstić information content (AvgIpc) is 2.46. The zero-order valence-corrected chi connectivity index (χ0v) is 14.1. The lowest BCUT2D eigenvalue weighted by Gasteiger charge is -2.35. The Hall–Kier alpha value is -0.740. The normalized spacial score (nSPS) is 22.4. The van der Waals surface area contributed by atoms with E-state index in [0.717, 1.165) is 12.8 Å². The second kappa shape index (κ2) is 6.81. The molecule has 5 heteroatoms. The first kappa shape index (κ1) is 15.6. The molecule has 1 aromatic rings. The number of methoxy groups -OCH3 is 1. The molecule has 0 bridgehead atoms. The summed E-state index contributed by atoms with van der Waals surface area (Å²) in [5.41, 5.74) is 0.560. The van der Waals surface area contributed by atoms with Crippen molar-refractivity contribution in [1.82, 2.24) is 4.90 Å². The molecule has 0 N–H and O–H groups in total. The van der Waals surface area contributed by atoms with E-state index in [9.17, 15) is 4.79 Å². The summed E-state index contributed by atoms with van der Waals surface area (Å²) in [4.78, 5) is 14.9. The van der Waals surface area contributed by atoms with Gasteiger partial charge in [0.25, 0.3) is 5.91 Å². The molecule has 0 saturated heterocycles. The van der Waals surface area contributed by atoms with Crippen LogP contribution >= 0.6 is 27.5 Å². The van der Waals surface area contributed by atoms with Crippen LogP contribution in [0.2, 0.25) is 5.02 Å². The van der Waals surface area contributed by atoms with Crippen molar-refractivity contribution in [2.75, 3.05) is 14.2 Å². The van der Waals surface area contributed by atoms with Crippen molar-refractivity contribution >= 4 is 33.4 Å². The summed E-state index contributed by atoms with van der Waals surface area (Å²) < 4.78 is 5.27. The number of nitrogens with zero attached hydrogens (tertiary/aromatic N) is 1. The van der Waals surface area contributed by atoms with Crippen LogP contribution in [0.3, 0.4) is 0 Å². The first-order chi connectivity index (χ1) is 9.54. The van der Waals surface area contributed by atoms with Crippen LogP contribution in [0.4, 0.5) is 0 Å². The summed E-state index contributed by atoms with van der Waals surface area (Å²) in [6.45, 7) is 0. The van der Waals surface area contributed by atoms with Crippen LogP contribution in [-0.4, -0.2) is 35.8 Å². The zero-order chi connectivity index (χ0) is 14.7. The third kappa shape index (κ3) is 3.29. The highest BCUT2D eigenvalue weighted by Crippen LogP contribution is 2.30. The monoisotopic (exact) mass is 359 g/mol. The molecular formula is C15H19BrClNO2. The molecule has 2 rings (SSSR count). The fourth-order valence-electron chi connectivity index (χ4n) is 2.68. The molecule has 1 aliphatic rings. The maximum atomic E-state index is 12.7. The second-order valence-corrected chi connectivity index (χ2v) is 6.74. The molecule has 20 heavy (non-hydrogen) atoms. The summed E-state index contributed by atoms with van der Waals surface area (Å²) in [7, 11) is 3.41. The SMILES string of the molecule is COc1cc(Cl)ccc1C(=O)N(C)C1CCCCC1Br. The molecule has 1 saturated carbocycles. The van der Waals surface area contributed by atoms with Gasteiger partial charge < -0.3 is 9.64 Å². The lowest BCUT2D eigenvalue weighted by Crippen LogP contribution is -2.44. The van der Waals surface area contributed by atoms with E-state index in [2.05, 4.69) is 15.9 Å². The lowest BCUT2D eigenvalue weighted by atomic mass is 9.94. The van der Waals surface area contributed by atoms with Gasteiger partial charge in [-0.15, -0.1) is 0 Å². The molecule has 0 aliphatic heterocycles. The van der Waals surface area contributed by atoms with Crippen LogP contribution in [0.5, 0.6) is 5.75 Å². The number of hydrogen-bond donors (Lipinski definition) is 0. The summed E-state index contributed by atoms with van der Waals surface area (Å²) in [6, 6.07) is 5.36. The maximum absolute atomic E-state index is 12.7. The van der Waals surface area contributed by atoms with E-state index in [0.29, 0.717) is 21.2 Å². The van der Waals surface area contributed by atoms with Gasteiger partial charge >= 0.3 is 0 Å². The van der Waals surface area contributed by atoms with Gasteiger partial charge in [0.1, 0.15) is 5.75 Å². The number of halogens is 2. The van der Waals surface area contributed by atoms with Gasteiger partial charge in [-0.2, -0.15) is 0 Å². The first-order valence-corrected chi connectivity index (χ1v) is 8.08. The molecule has 0 heterocycles. The van der Waals surface area contributed by atoms with Crippen molar-refractivity contribution in [2.45, 2.75) is 36.6 Å². The van der Waals surface area contributed by atoms with Crippen LogP contribution in [0, 0.1) is 0 Å². The van der Waals surface area contributed by atoms with Crippen molar-refractivity contribution in [2.24, 2.45) is 0 Å². The Morgan fingerprint density at radius 2 is 2.10 bits per heavy atom. The number of rotatable bonds is 3. The highest BCUT2D eigenvalue weighted by atomic mass is 79.9. The molecule has 1 aliphatic carbocycles. The lowest BCUT2D eigenvalue weighted by molar-refractivity contribution is 0.0701. The smallest absolute Gasteiger partial charge is 0.257 e. The summed E-state index contributed by atoms with van der Waals surface area (Å²) in [5, 5.41) is 0.567. The van der Waals surface area contributed by atoms with E-state index in [4.69, 9.17) is 16.3 Å². The second-order valence-electron chi connectivity index (χ2n) is 5.13. The average molecular weight is 361 g/mol. The highest BCUT2D eigenvalue weighted by Gasteiger charge is 2.30. The summed E-state index contributed by atoms with van der Waals surface area (Å²) in [5.74, 6) is 0.506. The van der Waals surface area contributed by atoms with Gasteiger partial charge in [-0.25, -0.2) is 0 Å². The van der Waals surface area contributed by atoms with E-state index in [-0.39, 0.29) is 11.9 Å². The van der Waals surface area contributed by atoms with Gasteiger partial charge in [0.2, 0.25) is 0 Å². The number of alkyl halides is 1. The van der Waals surface area contributed by atoms with Crippen molar-refractivity contribution in [3.05, 3.63) is 28.8 Å². The third-order valence-electron chi connectivity index (χ3n) is 3.86. The Morgan fingerprint density at radius 3 is 2.75 bits per heavy atom. The van der Waals surface area contributed by atoms with Crippen LogP contribution in [0.1, 0.15) is 36.0 Å². The number of carbonyl (C=O) groups is 1. The minimum Gasteiger partial charge on any atom is -0.496 e. The van der Waals surface area contributed by atoms with Gasteiger partial charge in [0.15, 0.2) is 0 Å². The number of carbonyl (C=O) groups excluding carboxylic acids is 1. The van der Waals surface area contributed by atoms with E-state index in [1.807, 2.05) is 11.9 Å². The molecule has 1 amide bonds. The van der Waals surface area contributed by atoms with Crippen molar-refractivity contribution in [1.29, 1.82) is 0 Å². The Morgan fingerprint density at radius 1 is 1.40 bits per heavy atom. The molecular weight excluding hydrogens is 342 g/mol. The minimum atomic E-state index is -0.0186. The minimum absolute atomic E-state index is 0.0186. The van der Waals surface area contributed by atoms with Crippen LogP contribution < -0.4 is 4.74 Å². The van der Waals surface area contributed by atoms with Crippen LogP contribution in [-0.2, 0) is 0 Å². The third-order valence-corrected chi connectivity index (χ3v) is 5.16. The molecule has 1 fully saturated rings. The first-order valence-electron chi connectivity index (χ1n) is 6.79. The van der Waals surface area contributed by atoms with Crippen molar-refractivity contribution in [3.63, 3.8) is 0 Å². The van der Waals surface area contributed by atoms with Gasteiger partial charge in [-0.1, -0.05) is 40.4 Å². The number of amides is 1. The Labute approximate surface area is 133 Å². The number of benzene rings is 1. The molecule has 110 valence electrons. The van der Waals surface area contributed by atoms with Gasteiger partial charge in [0, 0.05) is 22.9 Å². The molecule has 0 spiro atoms. The predicted octanol–water partition coefficient (Wildman–Crippen LogP) is 4.13. The molecule has 2 atom stereocenters. The van der Waals surface area contributed by atoms with Crippen LogP contribution in [0.25, 0.3) is 0 Å². The van der Waals surface area contributed by atoms with Crippen molar-refractivity contribution in [3.8, 4) is 5.75 Å². The topological polar surface area (TPSA) is 29.5 Å². The van der Waals surface area contributed by atoms with E-state index in [1.54, 1.807) is 25.3 Å². The number of ether oxygens (including phenoxy) is 1. The fraction of sp³-hybridized carbons (Fsp3) is 0.533. The highest BCUT2D eigenvalue weighted by molar-refractivity contribution is 9.09. The van der Waals surface area contributed by atoms with Gasteiger partial charge in [-0.05, 0) is 31.0 Å². The molecule has 1 aromatic carbocycles. The number of hydrogen-bond acceptors (Lipinski definition) is 2. The summed E-state index contributed by atoms with van der Waals surface area (Å²) >= 11 is 9.64. The molecule has 0 radical (unpaired) electrons. The van der Waals surface area contributed by atoms with Crippen LogP contribution in [0.15, 0.2) is 18.2 Å². The van der Waals surface area contributed by atoms with E-state index >= 15 is 0 Å². The summed E-state index contributed by atoms with van der Waals surface area (Å²) in [6.07, 6.45) is 4.54. The standard InChI is InChI=1S/C15H19BrClNO2/c1-18(13-6-4-3-5-12(13)16)15(19)11-8-7-10(17)9-14(11)20-2/h7-9,12-13H,3-6H2,1-2H3. The molecule has 2 unspecified atom stereocenters.